The molecule has 0 aliphatic heterocycles. The Hall–Kier alpha value is -1.52. The predicted octanol–water partition coefficient (Wildman–Crippen LogP) is 3.56. The smallest absolute Gasteiger partial charge is 0.118 e. The van der Waals surface area contributed by atoms with Gasteiger partial charge in [-0.05, 0) is 38.6 Å². The van der Waals surface area contributed by atoms with Crippen molar-refractivity contribution in [3.8, 4) is 0 Å². The van der Waals surface area contributed by atoms with Gasteiger partial charge < -0.3 is 14.2 Å². The lowest BCUT2D eigenvalue weighted by atomic mass is 10.2. The maximum Gasteiger partial charge on any atom is 0.118 e. The third-order valence-electron chi connectivity index (χ3n) is 3.40. The van der Waals surface area contributed by atoms with E-state index >= 15 is 0 Å². The first kappa shape index (κ1) is 15.9. The van der Waals surface area contributed by atoms with E-state index in [2.05, 4.69) is 37.2 Å². The van der Waals surface area contributed by atoms with Crippen molar-refractivity contribution in [2.75, 3.05) is 13.6 Å². The van der Waals surface area contributed by atoms with Crippen molar-refractivity contribution in [1.29, 1.82) is 0 Å². The Morgan fingerprint density at radius 3 is 2.76 bits per heavy atom. The molecule has 0 saturated heterocycles. The van der Waals surface area contributed by atoms with Crippen molar-refractivity contribution in [3.63, 3.8) is 0 Å². The molecular weight excluding hydrogens is 264 g/mol. The minimum absolute atomic E-state index is 0.654. The largest absolute Gasteiger partial charge is 0.472 e. The van der Waals surface area contributed by atoms with Gasteiger partial charge in [0.1, 0.15) is 11.5 Å². The van der Waals surface area contributed by atoms with Gasteiger partial charge in [-0.2, -0.15) is 0 Å². The van der Waals surface area contributed by atoms with E-state index < -0.39 is 0 Å². The van der Waals surface area contributed by atoms with Crippen LogP contribution in [0, 0.1) is 12.8 Å². The van der Waals surface area contributed by atoms with E-state index in [4.69, 9.17) is 8.83 Å². The molecule has 0 atom stereocenters. The van der Waals surface area contributed by atoms with Crippen molar-refractivity contribution in [1.82, 2.24) is 10.2 Å². The van der Waals surface area contributed by atoms with E-state index in [9.17, 15) is 0 Å². The third-order valence-corrected chi connectivity index (χ3v) is 3.40. The van der Waals surface area contributed by atoms with Crippen molar-refractivity contribution < 1.29 is 8.83 Å². The molecule has 2 rings (SSSR count). The third kappa shape index (κ3) is 5.06. The molecule has 4 heteroatoms. The fourth-order valence-electron chi connectivity index (χ4n) is 2.36. The lowest BCUT2D eigenvalue weighted by Gasteiger charge is -2.14. The van der Waals surface area contributed by atoms with E-state index in [1.165, 1.54) is 11.1 Å². The van der Waals surface area contributed by atoms with Crippen LogP contribution in [0.4, 0.5) is 0 Å². The number of aryl methyl sites for hydroxylation is 1. The Bertz CT molecular complexity index is 529. The van der Waals surface area contributed by atoms with Crippen LogP contribution in [-0.4, -0.2) is 18.5 Å². The van der Waals surface area contributed by atoms with Crippen LogP contribution < -0.4 is 5.32 Å². The topological polar surface area (TPSA) is 41.6 Å². The Kier molecular flexibility index (Phi) is 5.65. The van der Waals surface area contributed by atoms with Gasteiger partial charge >= 0.3 is 0 Å². The molecule has 0 bridgehead atoms. The zero-order valence-electron chi connectivity index (χ0n) is 13.5. The fraction of sp³-hybridized carbons (Fsp3) is 0.529. The molecule has 2 aromatic heterocycles. The lowest BCUT2D eigenvalue weighted by Crippen LogP contribution is -2.18. The van der Waals surface area contributed by atoms with Gasteiger partial charge in [0.05, 0.1) is 19.1 Å². The second-order valence-corrected chi connectivity index (χ2v) is 6.12. The van der Waals surface area contributed by atoms with Gasteiger partial charge in [0.2, 0.25) is 0 Å². The molecule has 0 fully saturated rings. The second-order valence-electron chi connectivity index (χ2n) is 6.12. The number of hydrogen-bond donors (Lipinski definition) is 1. The second kappa shape index (κ2) is 7.48. The van der Waals surface area contributed by atoms with E-state index in [0.29, 0.717) is 5.92 Å². The van der Waals surface area contributed by atoms with Crippen LogP contribution in [0.5, 0.6) is 0 Å². The first-order valence-corrected chi connectivity index (χ1v) is 7.53. The van der Waals surface area contributed by atoms with Crippen LogP contribution >= 0.6 is 0 Å². The summed E-state index contributed by atoms with van der Waals surface area (Å²) in [5.74, 6) is 2.68. The zero-order chi connectivity index (χ0) is 15.2. The SMILES string of the molecule is Cc1oc(CNCC(C)C)cc1CN(C)Cc1ccoc1. The Morgan fingerprint density at radius 2 is 2.10 bits per heavy atom. The fourth-order valence-corrected chi connectivity index (χ4v) is 2.36. The van der Waals surface area contributed by atoms with Crippen molar-refractivity contribution >= 4 is 0 Å². The molecular formula is C17H26N2O2. The van der Waals surface area contributed by atoms with Gasteiger partial charge in [-0.3, -0.25) is 4.90 Å². The molecule has 0 spiro atoms. The van der Waals surface area contributed by atoms with Gasteiger partial charge in [0.15, 0.2) is 0 Å². The van der Waals surface area contributed by atoms with Gasteiger partial charge in [0, 0.05) is 24.2 Å². The first-order valence-electron chi connectivity index (χ1n) is 7.53. The highest BCUT2D eigenvalue weighted by molar-refractivity contribution is 5.21. The number of nitrogens with zero attached hydrogens (tertiary/aromatic N) is 1. The highest BCUT2D eigenvalue weighted by atomic mass is 16.3. The quantitative estimate of drug-likeness (QED) is 0.807. The summed E-state index contributed by atoms with van der Waals surface area (Å²) >= 11 is 0. The summed E-state index contributed by atoms with van der Waals surface area (Å²) in [6.45, 7) is 10.0. The minimum atomic E-state index is 0.654. The predicted molar refractivity (Wildman–Crippen MR) is 83.9 cm³/mol. The van der Waals surface area contributed by atoms with Gasteiger partial charge in [-0.25, -0.2) is 0 Å². The highest BCUT2D eigenvalue weighted by Crippen LogP contribution is 2.17. The van der Waals surface area contributed by atoms with Crippen LogP contribution in [0.25, 0.3) is 0 Å². The van der Waals surface area contributed by atoms with Crippen LogP contribution in [-0.2, 0) is 19.6 Å². The molecule has 4 nitrogen and oxygen atoms in total. The normalized spacial score (nSPS) is 11.7. The molecule has 21 heavy (non-hydrogen) atoms. The summed E-state index contributed by atoms with van der Waals surface area (Å²) in [7, 11) is 2.11. The summed E-state index contributed by atoms with van der Waals surface area (Å²) in [4.78, 5) is 2.26. The summed E-state index contributed by atoms with van der Waals surface area (Å²) in [6, 6.07) is 4.16. The van der Waals surface area contributed by atoms with Crippen molar-refractivity contribution in [3.05, 3.63) is 47.3 Å². The molecule has 0 aliphatic carbocycles. The Morgan fingerprint density at radius 1 is 1.29 bits per heavy atom. The van der Waals surface area contributed by atoms with Gasteiger partial charge in [-0.1, -0.05) is 13.8 Å². The van der Waals surface area contributed by atoms with E-state index in [-0.39, 0.29) is 0 Å². The standard InChI is InChI=1S/C17H26N2O2/c1-13(2)8-18-9-17-7-16(14(3)21-17)11-19(4)10-15-5-6-20-12-15/h5-7,12-13,18H,8-11H2,1-4H3. The summed E-state index contributed by atoms with van der Waals surface area (Å²) in [6.07, 6.45) is 3.50. The van der Waals surface area contributed by atoms with E-state index in [0.717, 1.165) is 37.7 Å². The molecule has 2 aromatic rings. The lowest BCUT2D eigenvalue weighted by molar-refractivity contribution is 0.315. The highest BCUT2D eigenvalue weighted by Gasteiger charge is 2.10. The number of hydrogen-bond acceptors (Lipinski definition) is 4. The zero-order valence-corrected chi connectivity index (χ0v) is 13.5. The molecule has 0 amide bonds. The molecule has 1 N–H and O–H groups in total. The average molecular weight is 290 g/mol. The van der Waals surface area contributed by atoms with Gasteiger partial charge in [0.25, 0.3) is 0 Å². The molecule has 0 radical (unpaired) electrons. The maximum absolute atomic E-state index is 5.82. The Labute approximate surface area is 127 Å². The van der Waals surface area contributed by atoms with Crippen molar-refractivity contribution in [2.45, 2.75) is 40.4 Å². The van der Waals surface area contributed by atoms with Gasteiger partial charge in [-0.15, -0.1) is 0 Å². The van der Waals surface area contributed by atoms with Crippen LogP contribution in [0.15, 0.2) is 33.5 Å². The van der Waals surface area contributed by atoms with Crippen molar-refractivity contribution in [2.24, 2.45) is 5.92 Å². The van der Waals surface area contributed by atoms with Crippen LogP contribution in [0.1, 0.15) is 36.5 Å². The maximum atomic E-state index is 5.82. The molecule has 0 aromatic carbocycles. The molecule has 116 valence electrons. The van der Waals surface area contributed by atoms with Crippen LogP contribution in [0.2, 0.25) is 0 Å². The van der Waals surface area contributed by atoms with E-state index in [1.54, 1.807) is 12.5 Å². The number of rotatable bonds is 8. The molecule has 0 aliphatic rings. The average Bonchev–Trinajstić information content (AvgIpc) is 3.00. The van der Waals surface area contributed by atoms with E-state index in [1.807, 2.05) is 13.0 Å². The summed E-state index contributed by atoms with van der Waals surface area (Å²) < 4.78 is 10.9. The molecule has 0 unspecified atom stereocenters. The molecule has 0 saturated carbocycles. The summed E-state index contributed by atoms with van der Waals surface area (Å²) in [5, 5.41) is 3.41. The Balaban J connectivity index is 1.86. The monoisotopic (exact) mass is 290 g/mol. The number of nitrogens with one attached hydrogen (secondary N) is 1. The van der Waals surface area contributed by atoms with Crippen LogP contribution in [0.3, 0.4) is 0 Å². The number of furan rings is 2. The minimum Gasteiger partial charge on any atom is -0.472 e. The first-order chi connectivity index (χ1) is 10.0. The summed E-state index contributed by atoms with van der Waals surface area (Å²) in [5.41, 5.74) is 2.44. The molecule has 2 heterocycles.